The Labute approximate surface area is 128 Å². The zero-order valence-corrected chi connectivity index (χ0v) is 13.4. The summed E-state index contributed by atoms with van der Waals surface area (Å²) in [5.74, 6) is 0.328. The molecule has 0 aliphatic heterocycles. The highest BCUT2D eigenvalue weighted by molar-refractivity contribution is 5.94. The lowest BCUT2D eigenvalue weighted by molar-refractivity contribution is -0.137. The van der Waals surface area contributed by atoms with E-state index in [2.05, 4.69) is 13.0 Å². The summed E-state index contributed by atoms with van der Waals surface area (Å²) in [5.41, 5.74) is 0. The highest BCUT2D eigenvalue weighted by Gasteiger charge is 2.28. The second-order valence-corrected chi connectivity index (χ2v) is 6.23. The van der Waals surface area contributed by atoms with Gasteiger partial charge in [-0.3, -0.25) is 9.59 Å². The van der Waals surface area contributed by atoms with E-state index < -0.39 is 5.97 Å². The monoisotopic (exact) mass is 294 g/mol. The van der Waals surface area contributed by atoms with Crippen molar-refractivity contribution in [1.29, 1.82) is 0 Å². The van der Waals surface area contributed by atoms with Crippen LogP contribution in [0.2, 0.25) is 0 Å². The number of rotatable bonds is 12. The van der Waals surface area contributed by atoms with E-state index in [4.69, 9.17) is 5.11 Å². The van der Waals surface area contributed by atoms with Gasteiger partial charge in [-0.25, -0.2) is 0 Å². The first-order chi connectivity index (χ1) is 10.1. The quantitative estimate of drug-likeness (QED) is 0.528. The number of aliphatic carboxylic acids is 1. The fourth-order valence-corrected chi connectivity index (χ4v) is 3.14. The Morgan fingerprint density at radius 3 is 2.43 bits per heavy atom. The highest BCUT2D eigenvalue weighted by atomic mass is 16.4. The van der Waals surface area contributed by atoms with Gasteiger partial charge in [0.05, 0.1) is 0 Å². The molecule has 0 heterocycles. The molecule has 0 fully saturated rings. The van der Waals surface area contributed by atoms with Gasteiger partial charge < -0.3 is 5.11 Å². The maximum Gasteiger partial charge on any atom is 0.303 e. The van der Waals surface area contributed by atoms with Crippen molar-refractivity contribution >= 4 is 11.8 Å². The molecule has 0 radical (unpaired) electrons. The molecule has 0 bridgehead atoms. The lowest BCUT2D eigenvalue weighted by Crippen LogP contribution is -2.16. The molecular formula is C18H30O3. The lowest BCUT2D eigenvalue weighted by Gasteiger charge is -2.17. The van der Waals surface area contributed by atoms with Crippen molar-refractivity contribution in [1.82, 2.24) is 0 Å². The second kappa shape index (κ2) is 10.6. The van der Waals surface area contributed by atoms with Crippen LogP contribution in [0.25, 0.3) is 0 Å². The van der Waals surface area contributed by atoms with E-state index in [0.717, 1.165) is 44.9 Å². The molecule has 1 aliphatic rings. The molecule has 21 heavy (non-hydrogen) atoms. The van der Waals surface area contributed by atoms with Crippen LogP contribution in [0.4, 0.5) is 0 Å². The standard InChI is InChI=1S/C18H30O3/c1-2-3-7-11-16-15(13-14-17(16)19)10-8-5-4-6-9-12-18(20)21/h13-16H,2-12H2,1H3,(H,20,21). The minimum atomic E-state index is -0.695. The van der Waals surface area contributed by atoms with E-state index >= 15 is 0 Å². The normalized spacial score (nSPS) is 21.1. The third-order valence-electron chi connectivity index (χ3n) is 4.44. The van der Waals surface area contributed by atoms with Crippen molar-refractivity contribution < 1.29 is 14.7 Å². The number of hydrogen-bond donors (Lipinski definition) is 1. The van der Waals surface area contributed by atoms with Crippen LogP contribution in [-0.2, 0) is 9.59 Å². The molecule has 0 aromatic heterocycles. The maximum atomic E-state index is 11.9. The third kappa shape index (κ3) is 7.45. The molecule has 0 saturated carbocycles. The topological polar surface area (TPSA) is 54.4 Å². The van der Waals surface area contributed by atoms with Crippen molar-refractivity contribution in [3.05, 3.63) is 12.2 Å². The van der Waals surface area contributed by atoms with Gasteiger partial charge in [0.1, 0.15) is 0 Å². The van der Waals surface area contributed by atoms with E-state index in [1.807, 2.05) is 0 Å². The molecule has 0 aromatic rings. The van der Waals surface area contributed by atoms with Gasteiger partial charge >= 0.3 is 5.97 Å². The number of allylic oxidation sites excluding steroid dienone is 2. The van der Waals surface area contributed by atoms with Crippen LogP contribution >= 0.6 is 0 Å². The summed E-state index contributed by atoms with van der Waals surface area (Å²) in [4.78, 5) is 22.3. The molecule has 0 saturated heterocycles. The Morgan fingerprint density at radius 1 is 1.05 bits per heavy atom. The first-order valence-corrected chi connectivity index (χ1v) is 8.59. The fourth-order valence-electron chi connectivity index (χ4n) is 3.14. The number of unbranched alkanes of at least 4 members (excludes halogenated alkanes) is 6. The van der Waals surface area contributed by atoms with Crippen molar-refractivity contribution in [3.63, 3.8) is 0 Å². The van der Waals surface area contributed by atoms with Crippen molar-refractivity contribution in [2.45, 2.75) is 77.6 Å². The first kappa shape index (κ1) is 17.9. The number of ketones is 1. The average Bonchev–Trinajstić information content (AvgIpc) is 2.79. The van der Waals surface area contributed by atoms with Gasteiger partial charge in [-0.15, -0.1) is 0 Å². The summed E-state index contributed by atoms with van der Waals surface area (Å²) in [6.45, 7) is 2.19. The van der Waals surface area contributed by atoms with E-state index in [1.54, 1.807) is 6.08 Å². The predicted octanol–water partition coefficient (Wildman–Crippen LogP) is 4.75. The zero-order chi connectivity index (χ0) is 15.5. The highest BCUT2D eigenvalue weighted by Crippen LogP contribution is 2.31. The Bertz CT molecular complexity index is 346. The summed E-state index contributed by atoms with van der Waals surface area (Å²) in [7, 11) is 0. The zero-order valence-electron chi connectivity index (χ0n) is 13.4. The molecule has 3 heteroatoms. The van der Waals surface area contributed by atoms with Gasteiger partial charge in [-0.05, 0) is 31.3 Å². The summed E-state index contributed by atoms with van der Waals surface area (Å²) in [5, 5.41) is 8.56. The van der Waals surface area contributed by atoms with Gasteiger partial charge in [0.25, 0.3) is 0 Å². The molecular weight excluding hydrogens is 264 g/mol. The van der Waals surface area contributed by atoms with Gasteiger partial charge in [-0.1, -0.05) is 57.9 Å². The minimum absolute atomic E-state index is 0.239. The summed E-state index contributed by atoms with van der Waals surface area (Å²) in [6, 6.07) is 0. The van der Waals surface area contributed by atoms with Crippen LogP contribution in [0, 0.1) is 11.8 Å². The van der Waals surface area contributed by atoms with Crippen molar-refractivity contribution in [2.24, 2.45) is 11.8 Å². The maximum absolute atomic E-state index is 11.9. The predicted molar refractivity (Wildman–Crippen MR) is 85.2 cm³/mol. The van der Waals surface area contributed by atoms with Crippen LogP contribution in [0.3, 0.4) is 0 Å². The van der Waals surface area contributed by atoms with E-state index in [1.165, 1.54) is 19.3 Å². The Hall–Kier alpha value is -1.12. The van der Waals surface area contributed by atoms with Gasteiger partial charge in [0.2, 0.25) is 0 Å². The molecule has 1 N–H and O–H groups in total. The smallest absolute Gasteiger partial charge is 0.303 e. The average molecular weight is 294 g/mol. The molecule has 1 aliphatic carbocycles. The molecule has 2 atom stereocenters. The Balaban J connectivity index is 2.11. The first-order valence-electron chi connectivity index (χ1n) is 8.59. The number of hydrogen-bond acceptors (Lipinski definition) is 2. The SMILES string of the molecule is CCCCCC1C(=O)C=CC1CCCCCCCC(=O)O. The molecule has 0 amide bonds. The van der Waals surface area contributed by atoms with Crippen LogP contribution in [0.5, 0.6) is 0 Å². The van der Waals surface area contributed by atoms with E-state index in [0.29, 0.717) is 18.1 Å². The van der Waals surface area contributed by atoms with Gasteiger partial charge in [0.15, 0.2) is 5.78 Å². The molecule has 0 aromatic carbocycles. The fraction of sp³-hybridized carbons (Fsp3) is 0.778. The summed E-state index contributed by atoms with van der Waals surface area (Å²) >= 11 is 0. The number of carbonyl (C=O) groups is 2. The second-order valence-electron chi connectivity index (χ2n) is 6.23. The molecule has 0 spiro atoms. The largest absolute Gasteiger partial charge is 0.481 e. The lowest BCUT2D eigenvalue weighted by atomic mass is 9.86. The number of carbonyl (C=O) groups excluding carboxylic acids is 1. The van der Waals surface area contributed by atoms with Crippen molar-refractivity contribution in [2.75, 3.05) is 0 Å². The molecule has 3 nitrogen and oxygen atoms in total. The van der Waals surface area contributed by atoms with Crippen LogP contribution in [-0.4, -0.2) is 16.9 Å². The number of carboxylic acid groups (broad SMARTS) is 1. The Kier molecular flexibility index (Phi) is 9.04. The third-order valence-corrected chi connectivity index (χ3v) is 4.44. The van der Waals surface area contributed by atoms with E-state index in [9.17, 15) is 9.59 Å². The van der Waals surface area contributed by atoms with Crippen molar-refractivity contribution in [3.8, 4) is 0 Å². The molecule has 2 unspecified atom stereocenters. The van der Waals surface area contributed by atoms with E-state index in [-0.39, 0.29) is 5.92 Å². The van der Waals surface area contributed by atoms with Gasteiger partial charge in [0, 0.05) is 12.3 Å². The van der Waals surface area contributed by atoms with Crippen LogP contribution in [0.1, 0.15) is 77.6 Å². The van der Waals surface area contributed by atoms with Gasteiger partial charge in [-0.2, -0.15) is 0 Å². The number of carboxylic acids is 1. The Morgan fingerprint density at radius 2 is 1.71 bits per heavy atom. The minimum Gasteiger partial charge on any atom is -0.481 e. The summed E-state index contributed by atoms with van der Waals surface area (Å²) in [6.07, 6.45) is 15.1. The van der Waals surface area contributed by atoms with Crippen LogP contribution < -0.4 is 0 Å². The van der Waals surface area contributed by atoms with Crippen LogP contribution in [0.15, 0.2) is 12.2 Å². The molecule has 1 rings (SSSR count). The molecule has 120 valence electrons. The summed E-state index contributed by atoms with van der Waals surface area (Å²) < 4.78 is 0.